The lowest BCUT2D eigenvalue weighted by molar-refractivity contribution is -0.133. The van der Waals surface area contributed by atoms with Crippen molar-refractivity contribution >= 4 is 17.3 Å². The van der Waals surface area contributed by atoms with Gasteiger partial charge in [0.15, 0.2) is 6.19 Å². The monoisotopic (exact) mass is 386 g/mol. The number of hydrogen-bond donors (Lipinski definition) is 1. The van der Waals surface area contributed by atoms with Crippen LogP contribution in [0.25, 0.3) is 11.1 Å². The number of anilines is 2. The number of benzene rings is 2. The largest absolute Gasteiger partial charge is 0.384 e. The Kier molecular flexibility index (Phi) is 4.43. The summed E-state index contributed by atoms with van der Waals surface area (Å²) in [6, 6.07) is 15.3. The average Bonchev–Trinajstić information content (AvgIpc) is 3.08. The number of carbonyl (C=O) groups excluding carboxylic acids is 1. The van der Waals surface area contributed by atoms with Crippen LogP contribution in [0.4, 0.5) is 11.4 Å². The Balaban J connectivity index is 1.44. The maximum absolute atomic E-state index is 12.8. The fourth-order valence-electron chi connectivity index (χ4n) is 5.06. The van der Waals surface area contributed by atoms with E-state index in [2.05, 4.69) is 52.7 Å². The predicted molar refractivity (Wildman–Crippen MR) is 115 cm³/mol. The Bertz CT molecular complexity index is 989. The Labute approximate surface area is 171 Å². The number of rotatable bonds is 2. The molecule has 1 N–H and O–H groups in total. The summed E-state index contributed by atoms with van der Waals surface area (Å²) in [5.74, 6) is -0.0318. The molecule has 0 radical (unpaired) electrons. The smallest absolute Gasteiger partial charge is 0.243 e. The molecule has 29 heavy (non-hydrogen) atoms. The van der Waals surface area contributed by atoms with Crippen molar-refractivity contribution in [2.45, 2.75) is 32.1 Å². The van der Waals surface area contributed by atoms with E-state index < -0.39 is 5.41 Å². The lowest BCUT2D eigenvalue weighted by Crippen LogP contribution is -2.42. The fourth-order valence-corrected chi connectivity index (χ4v) is 5.06. The number of nitrogens with one attached hydrogen (secondary N) is 1. The minimum absolute atomic E-state index is 0.0318. The SMILES string of the molecule is N#CN1CCC2(CNc3ccc(-c4cccc(N5CCCCC5)c4)cc3C2)C1=O. The van der Waals surface area contributed by atoms with E-state index in [0.29, 0.717) is 19.5 Å². The number of hydrogen-bond acceptors (Lipinski definition) is 4. The van der Waals surface area contributed by atoms with Crippen molar-refractivity contribution in [1.82, 2.24) is 4.90 Å². The minimum atomic E-state index is -0.475. The van der Waals surface area contributed by atoms with Crippen LogP contribution in [0.5, 0.6) is 0 Å². The number of nitrogens with zero attached hydrogens (tertiary/aromatic N) is 3. The summed E-state index contributed by atoms with van der Waals surface area (Å²) in [5, 5.41) is 12.6. The zero-order chi connectivity index (χ0) is 19.8. The normalized spacial score (nSPS) is 23.6. The molecule has 2 aromatic carbocycles. The Morgan fingerprint density at radius 2 is 1.83 bits per heavy atom. The van der Waals surface area contributed by atoms with Crippen LogP contribution in [0.1, 0.15) is 31.2 Å². The van der Waals surface area contributed by atoms with E-state index in [-0.39, 0.29) is 5.91 Å². The second-order valence-corrected chi connectivity index (χ2v) is 8.59. The van der Waals surface area contributed by atoms with Gasteiger partial charge in [0.1, 0.15) is 0 Å². The van der Waals surface area contributed by atoms with Crippen LogP contribution in [0.3, 0.4) is 0 Å². The van der Waals surface area contributed by atoms with Crippen molar-refractivity contribution in [1.29, 1.82) is 5.26 Å². The lowest BCUT2D eigenvalue weighted by atomic mass is 9.76. The summed E-state index contributed by atoms with van der Waals surface area (Å²) in [6.07, 6.45) is 7.34. The van der Waals surface area contributed by atoms with E-state index in [4.69, 9.17) is 0 Å². The Morgan fingerprint density at radius 3 is 2.62 bits per heavy atom. The van der Waals surface area contributed by atoms with Gasteiger partial charge in [-0.25, -0.2) is 4.90 Å². The van der Waals surface area contributed by atoms with Gasteiger partial charge in [0.2, 0.25) is 5.91 Å². The maximum atomic E-state index is 12.8. The van der Waals surface area contributed by atoms with Crippen molar-refractivity contribution in [3.63, 3.8) is 0 Å². The van der Waals surface area contributed by atoms with Crippen molar-refractivity contribution in [3.8, 4) is 17.3 Å². The molecule has 1 spiro atoms. The molecule has 5 rings (SSSR count). The van der Waals surface area contributed by atoms with E-state index in [9.17, 15) is 10.1 Å². The van der Waals surface area contributed by atoms with Gasteiger partial charge in [0.25, 0.3) is 0 Å². The van der Waals surface area contributed by atoms with E-state index in [1.165, 1.54) is 46.5 Å². The molecule has 5 nitrogen and oxygen atoms in total. The Morgan fingerprint density at radius 1 is 1.00 bits per heavy atom. The summed E-state index contributed by atoms with van der Waals surface area (Å²) >= 11 is 0. The molecule has 0 bridgehead atoms. The summed E-state index contributed by atoms with van der Waals surface area (Å²) in [6.45, 7) is 3.42. The van der Waals surface area contributed by atoms with Crippen molar-refractivity contribution < 1.29 is 4.79 Å². The third kappa shape index (κ3) is 3.13. The van der Waals surface area contributed by atoms with Crippen LogP contribution >= 0.6 is 0 Å². The third-order valence-electron chi connectivity index (χ3n) is 6.79. The van der Waals surface area contributed by atoms with Gasteiger partial charge in [0.05, 0.1) is 5.41 Å². The van der Waals surface area contributed by atoms with Crippen molar-refractivity contribution in [2.24, 2.45) is 5.41 Å². The van der Waals surface area contributed by atoms with Crippen LogP contribution in [0.15, 0.2) is 42.5 Å². The summed E-state index contributed by atoms with van der Waals surface area (Å²) in [5.41, 5.74) is 5.50. The van der Waals surface area contributed by atoms with Gasteiger partial charge in [0, 0.05) is 37.6 Å². The van der Waals surface area contributed by atoms with Crippen LogP contribution < -0.4 is 10.2 Å². The quantitative estimate of drug-likeness (QED) is 0.792. The molecule has 148 valence electrons. The van der Waals surface area contributed by atoms with Crippen LogP contribution in [-0.2, 0) is 11.2 Å². The minimum Gasteiger partial charge on any atom is -0.384 e. The zero-order valence-corrected chi connectivity index (χ0v) is 16.7. The number of amides is 1. The Hall–Kier alpha value is -3.00. The number of nitriles is 1. The number of piperidine rings is 1. The molecule has 3 aliphatic heterocycles. The van der Waals surface area contributed by atoms with Crippen LogP contribution in [0.2, 0.25) is 0 Å². The molecule has 2 saturated heterocycles. The molecule has 0 saturated carbocycles. The number of fused-ring (bicyclic) bond motifs is 1. The first-order valence-corrected chi connectivity index (χ1v) is 10.6. The van der Waals surface area contributed by atoms with E-state index in [0.717, 1.165) is 25.2 Å². The number of carbonyl (C=O) groups is 1. The highest BCUT2D eigenvalue weighted by Gasteiger charge is 2.48. The molecular formula is C24H26N4O. The first-order valence-electron chi connectivity index (χ1n) is 10.6. The third-order valence-corrected chi connectivity index (χ3v) is 6.79. The van der Waals surface area contributed by atoms with Gasteiger partial charge < -0.3 is 10.2 Å². The van der Waals surface area contributed by atoms with E-state index in [1.807, 2.05) is 6.19 Å². The lowest BCUT2D eigenvalue weighted by Gasteiger charge is -2.33. The molecule has 1 unspecified atom stereocenters. The first kappa shape index (κ1) is 18.1. The summed E-state index contributed by atoms with van der Waals surface area (Å²) in [7, 11) is 0. The molecule has 0 aromatic heterocycles. The zero-order valence-electron chi connectivity index (χ0n) is 16.7. The molecule has 1 atom stereocenters. The molecule has 2 fully saturated rings. The molecule has 5 heteroatoms. The molecular weight excluding hydrogens is 360 g/mol. The first-order chi connectivity index (χ1) is 14.2. The van der Waals surface area contributed by atoms with E-state index >= 15 is 0 Å². The van der Waals surface area contributed by atoms with Crippen molar-refractivity contribution in [2.75, 3.05) is 36.4 Å². The molecule has 2 aromatic rings. The second-order valence-electron chi connectivity index (χ2n) is 8.59. The van der Waals surface area contributed by atoms with Crippen molar-refractivity contribution in [3.05, 3.63) is 48.0 Å². The van der Waals surface area contributed by atoms with Gasteiger partial charge in [-0.3, -0.25) is 4.79 Å². The van der Waals surface area contributed by atoms with Crippen LogP contribution in [0, 0.1) is 16.9 Å². The van der Waals surface area contributed by atoms with Crippen LogP contribution in [-0.4, -0.2) is 37.0 Å². The standard InChI is InChI=1S/C24H26N4O/c25-17-28-12-9-24(23(28)29)15-20-13-19(7-8-22(20)26-16-24)18-5-4-6-21(14-18)27-10-2-1-3-11-27/h4-8,13-14,26H,1-3,9-12,15-16H2. The van der Waals surface area contributed by atoms with Gasteiger partial charge in [-0.2, -0.15) is 5.26 Å². The summed E-state index contributed by atoms with van der Waals surface area (Å²) in [4.78, 5) is 16.6. The molecule has 1 amide bonds. The molecule has 0 aliphatic carbocycles. The molecule has 3 heterocycles. The molecule has 3 aliphatic rings. The topological polar surface area (TPSA) is 59.4 Å². The highest BCUT2D eigenvalue weighted by Crippen LogP contribution is 2.42. The maximum Gasteiger partial charge on any atom is 0.243 e. The van der Waals surface area contributed by atoms with Gasteiger partial charge in [-0.15, -0.1) is 0 Å². The summed E-state index contributed by atoms with van der Waals surface area (Å²) < 4.78 is 0. The van der Waals surface area contributed by atoms with Gasteiger partial charge >= 0.3 is 0 Å². The van der Waals surface area contributed by atoms with E-state index in [1.54, 1.807) is 0 Å². The van der Waals surface area contributed by atoms with Gasteiger partial charge in [-0.1, -0.05) is 18.2 Å². The predicted octanol–water partition coefficient (Wildman–Crippen LogP) is 4.01. The number of likely N-dealkylation sites (tertiary alicyclic amines) is 1. The van der Waals surface area contributed by atoms with Gasteiger partial charge in [-0.05, 0) is 73.1 Å². The average molecular weight is 386 g/mol. The second kappa shape index (κ2) is 7.11. The fraction of sp³-hybridized carbons (Fsp3) is 0.417. The highest BCUT2D eigenvalue weighted by atomic mass is 16.2. The highest BCUT2D eigenvalue weighted by molar-refractivity contribution is 5.88.